The molecule has 8 aromatic carbocycles. The van der Waals surface area contributed by atoms with Gasteiger partial charge in [0.2, 0.25) is 0 Å². The molecule has 0 N–H and O–H groups in total. The van der Waals surface area contributed by atoms with Crippen LogP contribution in [0.5, 0.6) is 0 Å². The highest BCUT2D eigenvalue weighted by atomic mass is 16.6. The van der Waals surface area contributed by atoms with Gasteiger partial charge in [0, 0.05) is 12.8 Å². The van der Waals surface area contributed by atoms with Crippen molar-refractivity contribution >= 4 is 76.6 Å². The summed E-state index contributed by atoms with van der Waals surface area (Å²) in [5.41, 5.74) is 2.96. The van der Waals surface area contributed by atoms with Crippen LogP contribution in [0.15, 0.2) is 109 Å². The summed E-state index contributed by atoms with van der Waals surface area (Å²) in [5, 5.41) is 16.5. The Kier molecular flexibility index (Phi) is 14.0. The van der Waals surface area contributed by atoms with Crippen molar-refractivity contribution in [2.24, 2.45) is 0 Å². The van der Waals surface area contributed by atoms with Gasteiger partial charge in [0.25, 0.3) is 0 Å². The van der Waals surface area contributed by atoms with Gasteiger partial charge >= 0.3 is 11.9 Å². The number of benzene rings is 8. The monoisotopic (exact) mass is 782 g/mol. The predicted molar refractivity (Wildman–Crippen MR) is 251 cm³/mol. The molecular weight excluding hydrogens is 721 g/mol. The Morgan fingerprint density at radius 2 is 0.593 bits per heavy atom. The highest BCUT2D eigenvalue weighted by Gasteiger charge is 2.13. The Hall–Kier alpha value is -5.02. The third-order valence-corrected chi connectivity index (χ3v) is 13.1. The van der Waals surface area contributed by atoms with E-state index in [1.54, 1.807) is 0 Å². The van der Waals surface area contributed by atoms with Crippen LogP contribution in [0.4, 0.5) is 0 Å². The quantitative estimate of drug-likeness (QED) is 0.0265. The van der Waals surface area contributed by atoms with Gasteiger partial charge in [-0.05, 0) is 114 Å². The molecule has 0 radical (unpaired) electrons. The van der Waals surface area contributed by atoms with Gasteiger partial charge in [-0.2, -0.15) is 0 Å². The summed E-state index contributed by atoms with van der Waals surface area (Å²) in [5.74, 6) is -0.697. The van der Waals surface area contributed by atoms with Crippen molar-refractivity contribution in [3.8, 4) is 0 Å². The summed E-state index contributed by atoms with van der Waals surface area (Å²) >= 11 is 0. The van der Waals surface area contributed by atoms with Gasteiger partial charge in [-0.1, -0.05) is 199 Å². The Labute approximate surface area is 351 Å². The number of hydrogen-bond donors (Lipinski definition) is 0. The number of ether oxygens (including phenoxy) is 1. The van der Waals surface area contributed by atoms with Gasteiger partial charge in [-0.15, -0.1) is 0 Å². The molecule has 59 heavy (non-hydrogen) atoms. The van der Waals surface area contributed by atoms with Crippen molar-refractivity contribution in [3.63, 3.8) is 0 Å². The molecule has 8 rings (SSSR count). The summed E-state index contributed by atoms with van der Waals surface area (Å²) in [6.07, 6.45) is 24.0. The molecule has 0 aliphatic rings. The number of hydrogen-bond acceptors (Lipinski definition) is 3. The van der Waals surface area contributed by atoms with Crippen LogP contribution >= 0.6 is 0 Å². The lowest BCUT2D eigenvalue weighted by Crippen LogP contribution is -2.11. The highest BCUT2D eigenvalue weighted by Crippen LogP contribution is 2.38. The second-order valence-electron chi connectivity index (χ2n) is 17.4. The van der Waals surface area contributed by atoms with Crippen molar-refractivity contribution in [1.82, 2.24) is 0 Å². The minimum atomic E-state index is -0.348. The van der Waals surface area contributed by atoms with Crippen molar-refractivity contribution in [1.29, 1.82) is 0 Å². The van der Waals surface area contributed by atoms with Crippen LogP contribution in [-0.4, -0.2) is 11.9 Å². The van der Waals surface area contributed by atoms with Crippen molar-refractivity contribution in [2.75, 3.05) is 0 Å². The number of carbonyl (C=O) groups excluding carboxylic acids is 2. The summed E-state index contributed by atoms with van der Waals surface area (Å²) in [6.45, 7) is 0. The predicted octanol–water partition coefficient (Wildman–Crippen LogP) is 16.1. The number of esters is 2. The van der Waals surface area contributed by atoms with Crippen LogP contribution in [0.25, 0.3) is 64.6 Å². The lowest BCUT2D eigenvalue weighted by Gasteiger charge is -2.14. The van der Waals surface area contributed by atoms with Crippen molar-refractivity contribution < 1.29 is 14.3 Å². The molecule has 3 nitrogen and oxygen atoms in total. The molecule has 8 aromatic rings. The molecule has 304 valence electrons. The van der Waals surface area contributed by atoms with E-state index in [4.69, 9.17) is 4.74 Å². The highest BCUT2D eigenvalue weighted by molar-refractivity contribution is 6.24. The number of unbranched alkanes of at least 4 members (excludes halogenated alkanes) is 16. The smallest absolute Gasteiger partial charge is 0.313 e. The topological polar surface area (TPSA) is 43.4 Å². The Bertz CT molecular complexity index is 2390. The second kappa shape index (κ2) is 20.3. The maximum Gasteiger partial charge on any atom is 0.313 e. The first-order valence-corrected chi connectivity index (χ1v) is 23.2. The van der Waals surface area contributed by atoms with Crippen LogP contribution in [0, 0.1) is 0 Å². The standard InChI is InChI=1S/C56H62O3/c57-51(27-17-13-9-5-1-3-7-11-15-21-41-29-31-47-35-33-43-23-19-25-45-37-39-49(41)55(47)53(43)45)59-52(58)28-18-14-10-6-2-4-8-12-16-22-42-30-32-48-36-34-44-24-20-26-46-38-40-50(42)56(48)54(44)46/h19-20,23-26,29-40H,1-18,21-22,27-28H2. The van der Waals surface area contributed by atoms with Crippen LogP contribution in [-0.2, 0) is 27.2 Å². The summed E-state index contributed by atoms with van der Waals surface area (Å²) in [7, 11) is 0. The Morgan fingerprint density at radius 1 is 0.305 bits per heavy atom. The second-order valence-corrected chi connectivity index (χ2v) is 17.4. The van der Waals surface area contributed by atoms with Gasteiger partial charge < -0.3 is 4.74 Å². The van der Waals surface area contributed by atoms with Gasteiger partial charge in [0.05, 0.1) is 0 Å². The van der Waals surface area contributed by atoms with Crippen molar-refractivity contribution in [3.05, 3.63) is 120 Å². The first kappa shape index (κ1) is 40.7. The fourth-order valence-electron chi connectivity index (χ4n) is 9.90. The fraction of sp³-hybridized carbons (Fsp3) is 0.393. The van der Waals surface area contributed by atoms with E-state index in [2.05, 4.69) is 109 Å². The van der Waals surface area contributed by atoms with Gasteiger partial charge in [-0.3, -0.25) is 9.59 Å². The first-order chi connectivity index (χ1) is 29.1. The molecule has 0 atom stereocenters. The molecule has 0 bridgehead atoms. The minimum absolute atomic E-state index is 0.348. The molecule has 3 heteroatoms. The van der Waals surface area contributed by atoms with Gasteiger partial charge in [0.15, 0.2) is 0 Å². The van der Waals surface area contributed by atoms with Gasteiger partial charge in [-0.25, -0.2) is 0 Å². The zero-order chi connectivity index (χ0) is 40.2. The number of rotatable bonds is 24. The Balaban J connectivity index is 0.597. The molecule has 0 unspecified atom stereocenters. The average molecular weight is 783 g/mol. The molecule has 0 heterocycles. The molecule has 0 aliphatic carbocycles. The van der Waals surface area contributed by atoms with E-state index in [1.165, 1.54) is 153 Å². The van der Waals surface area contributed by atoms with Crippen LogP contribution in [0.1, 0.15) is 140 Å². The maximum atomic E-state index is 12.2. The zero-order valence-corrected chi connectivity index (χ0v) is 35.2. The molecule has 0 spiro atoms. The minimum Gasteiger partial charge on any atom is -0.393 e. The lowest BCUT2D eigenvalue weighted by atomic mass is 9.90. The van der Waals surface area contributed by atoms with E-state index in [0.29, 0.717) is 12.8 Å². The molecule has 0 saturated heterocycles. The number of carbonyl (C=O) groups is 2. The fourth-order valence-corrected chi connectivity index (χ4v) is 9.90. The van der Waals surface area contributed by atoms with E-state index < -0.39 is 0 Å². The first-order valence-electron chi connectivity index (χ1n) is 23.2. The van der Waals surface area contributed by atoms with Crippen molar-refractivity contribution in [2.45, 2.75) is 141 Å². The SMILES string of the molecule is O=C(CCCCCCCCCCCc1ccc2ccc3cccc4ccc1c2c34)OC(=O)CCCCCCCCCCCc1ccc2ccc3cccc4ccc1c2c34. The normalized spacial score (nSPS) is 12.0. The van der Waals surface area contributed by atoms with E-state index in [9.17, 15) is 9.59 Å². The average Bonchev–Trinajstić information content (AvgIpc) is 3.26. The molecule has 0 saturated carbocycles. The molecule has 0 fully saturated rings. The molecule has 0 aromatic heterocycles. The number of aryl methyl sites for hydroxylation is 2. The largest absolute Gasteiger partial charge is 0.393 e. The Morgan fingerprint density at radius 3 is 0.966 bits per heavy atom. The van der Waals surface area contributed by atoms with E-state index in [1.807, 2.05) is 0 Å². The molecule has 0 amide bonds. The molecular formula is C56H62O3. The van der Waals surface area contributed by atoms with Gasteiger partial charge in [0.1, 0.15) is 0 Å². The molecule has 0 aliphatic heterocycles. The van der Waals surface area contributed by atoms with E-state index in [0.717, 1.165) is 51.4 Å². The van der Waals surface area contributed by atoms with Crippen LogP contribution < -0.4 is 0 Å². The van der Waals surface area contributed by atoms with E-state index >= 15 is 0 Å². The maximum absolute atomic E-state index is 12.2. The summed E-state index contributed by atoms with van der Waals surface area (Å²) < 4.78 is 5.11. The summed E-state index contributed by atoms with van der Waals surface area (Å²) in [6, 6.07) is 40.8. The summed E-state index contributed by atoms with van der Waals surface area (Å²) in [4.78, 5) is 24.4. The third kappa shape index (κ3) is 10.1. The third-order valence-electron chi connectivity index (χ3n) is 13.1. The lowest BCUT2D eigenvalue weighted by molar-refractivity contribution is -0.159. The van der Waals surface area contributed by atoms with Crippen LogP contribution in [0.2, 0.25) is 0 Å². The van der Waals surface area contributed by atoms with Crippen LogP contribution in [0.3, 0.4) is 0 Å². The van der Waals surface area contributed by atoms with E-state index in [-0.39, 0.29) is 11.9 Å². The zero-order valence-electron chi connectivity index (χ0n) is 35.2.